The van der Waals surface area contributed by atoms with Gasteiger partial charge in [-0.05, 0) is 43.7 Å². The third-order valence-electron chi connectivity index (χ3n) is 4.73. The van der Waals surface area contributed by atoms with Gasteiger partial charge < -0.3 is 5.32 Å². The van der Waals surface area contributed by atoms with E-state index in [1.807, 2.05) is 0 Å². The summed E-state index contributed by atoms with van der Waals surface area (Å²) in [5.41, 5.74) is 3.38. The molecular formula is C18H24N2. The first-order valence-corrected chi connectivity index (χ1v) is 7.78. The Labute approximate surface area is 121 Å². The molecule has 1 heterocycles. The van der Waals surface area contributed by atoms with E-state index in [1.54, 1.807) is 0 Å². The Morgan fingerprint density at radius 3 is 2.55 bits per heavy atom. The zero-order chi connectivity index (χ0) is 14.1. The number of pyridine rings is 1. The third kappa shape index (κ3) is 2.52. The van der Waals surface area contributed by atoms with Crippen molar-refractivity contribution in [3.63, 3.8) is 0 Å². The first-order valence-electron chi connectivity index (χ1n) is 7.78. The predicted molar refractivity (Wildman–Crippen MR) is 86.1 cm³/mol. The van der Waals surface area contributed by atoms with E-state index in [-0.39, 0.29) is 0 Å². The molecule has 1 aliphatic carbocycles. The monoisotopic (exact) mass is 268 g/mol. The van der Waals surface area contributed by atoms with Crippen LogP contribution in [0.3, 0.4) is 0 Å². The Morgan fingerprint density at radius 2 is 1.80 bits per heavy atom. The molecule has 0 saturated heterocycles. The third-order valence-corrected chi connectivity index (χ3v) is 4.73. The molecule has 0 bridgehead atoms. The van der Waals surface area contributed by atoms with Crippen molar-refractivity contribution in [2.24, 2.45) is 11.8 Å². The molecule has 3 rings (SSSR count). The van der Waals surface area contributed by atoms with Gasteiger partial charge in [0.25, 0.3) is 0 Å². The quantitative estimate of drug-likeness (QED) is 0.847. The Balaban J connectivity index is 1.95. The second kappa shape index (κ2) is 5.43. The van der Waals surface area contributed by atoms with Crippen LogP contribution in [0.15, 0.2) is 30.3 Å². The highest BCUT2D eigenvalue weighted by molar-refractivity contribution is 5.90. The molecule has 2 heteroatoms. The molecule has 0 aliphatic heterocycles. The maximum absolute atomic E-state index is 4.73. The fraction of sp³-hybridized carbons (Fsp3) is 0.500. The van der Waals surface area contributed by atoms with Crippen LogP contribution in [-0.2, 0) is 0 Å². The van der Waals surface area contributed by atoms with Gasteiger partial charge in [-0.1, -0.05) is 38.5 Å². The van der Waals surface area contributed by atoms with Crippen LogP contribution in [0.1, 0.15) is 38.8 Å². The van der Waals surface area contributed by atoms with Gasteiger partial charge in [0.2, 0.25) is 0 Å². The average Bonchev–Trinajstić information content (AvgIpc) is 2.43. The van der Waals surface area contributed by atoms with Crippen LogP contribution in [-0.4, -0.2) is 11.0 Å². The molecule has 1 saturated carbocycles. The zero-order valence-corrected chi connectivity index (χ0v) is 12.7. The van der Waals surface area contributed by atoms with Crippen LogP contribution in [0.2, 0.25) is 0 Å². The predicted octanol–water partition coefficient (Wildman–Crippen LogP) is 4.78. The normalized spacial score (nSPS) is 26.6. The van der Waals surface area contributed by atoms with E-state index in [2.05, 4.69) is 56.4 Å². The Kier molecular flexibility index (Phi) is 3.64. The second-order valence-electron chi connectivity index (χ2n) is 6.39. The molecule has 20 heavy (non-hydrogen) atoms. The van der Waals surface area contributed by atoms with E-state index in [4.69, 9.17) is 4.98 Å². The van der Waals surface area contributed by atoms with Gasteiger partial charge in [0.15, 0.2) is 0 Å². The lowest BCUT2D eigenvalue weighted by atomic mass is 9.78. The SMILES string of the molecule is Cc1ccc2cccc(NC3C(C)CCCC3C)c2n1. The van der Waals surface area contributed by atoms with Crippen molar-refractivity contribution in [1.82, 2.24) is 4.98 Å². The molecule has 2 aromatic rings. The van der Waals surface area contributed by atoms with Gasteiger partial charge in [-0.15, -0.1) is 0 Å². The fourth-order valence-corrected chi connectivity index (χ4v) is 3.51. The second-order valence-corrected chi connectivity index (χ2v) is 6.39. The van der Waals surface area contributed by atoms with Crippen LogP contribution in [0.5, 0.6) is 0 Å². The number of benzene rings is 1. The number of rotatable bonds is 2. The average molecular weight is 268 g/mol. The maximum atomic E-state index is 4.73. The Morgan fingerprint density at radius 1 is 1.05 bits per heavy atom. The van der Waals surface area contributed by atoms with Gasteiger partial charge in [0.05, 0.1) is 11.2 Å². The van der Waals surface area contributed by atoms with E-state index < -0.39 is 0 Å². The summed E-state index contributed by atoms with van der Waals surface area (Å²) in [5, 5.41) is 5.01. The minimum atomic E-state index is 0.566. The number of hydrogen-bond donors (Lipinski definition) is 1. The smallest absolute Gasteiger partial charge is 0.0936 e. The van der Waals surface area contributed by atoms with Gasteiger partial charge in [0.1, 0.15) is 0 Å². The number of hydrogen-bond acceptors (Lipinski definition) is 2. The summed E-state index contributed by atoms with van der Waals surface area (Å²) < 4.78 is 0. The number of nitrogens with zero attached hydrogens (tertiary/aromatic N) is 1. The Hall–Kier alpha value is -1.57. The van der Waals surface area contributed by atoms with Crippen molar-refractivity contribution in [2.45, 2.75) is 46.1 Å². The summed E-state index contributed by atoms with van der Waals surface area (Å²) in [4.78, 5) is 4.73. The van der Waals surface area contributed by atoms with Crippen molar-refractivity contribution in [1.29, 1.82) is 0 Å². The van der Waals surface area contributed by atoms with Gasteiger partial charge in [-0.2, -0.15) is 0 Å². The first kappa shape index (κ1) is 13.4. The zero-order valence-electron chi connectivity index (χ0n) is 12.7. The van der Waals surface area contributed by atoms with Gasteiger partial charge in [0, 0.05) is 17.1 Å². The van der Waals surface area contributed by atoms with E-state index in [9.17, 15) is 0 Å². The highest BCUT2D eigenvalue weighted by Crippen LogP contribution is 2.33. The number of aromatic nitrogens is 1. The molecule has 0 radical (unpaired) electrons. The van der Waals surface area contributed by atoms with Crippen molar-refractivity contribution >= 4 is 16.6 Å². The summed E-state index contributed by atoms with van der Waals surface area (Å²) in [7, 11) is 0. The minimum Gasteiger partial charge on any atom is -0.380 e. The van der Waals surface area contributed by atoms with Crippen molar-refractivity contribution in [3.05, 3.63) is 36.0 Å². The number of anilines is 1. The minimum absolute atomic E-state index is 0.566. The Bertz CT molecular complexity index is 595. The molecule has 0 amide bonds. The molecule has 2 unspecified atom stereocenters. The molecular weight excluding hydrogens is 244 g/mol. The van der Waals surface area contributed by atoms with Crippen LogP contribution >= 0.6 is 0 Å². The molecule has 1 aromatic heterocycles. The standard InChI is InChI=1S/C18H24N2/c1-12-6-4-7-13(2)17(12)20-16-9-5-8-15-11-10-14(3)19-18(15)16/h5,8-13,17,20H,4,6-7H2,1-3H3. The lowest BCUT2D eigenvalue weighted by molar-refractivity contribution is 0.268. The van der Waals surface area contributed by atoms with Crippen LogP contribution in [0.4, 0.5) is 5.69 Å². The highest BCUT2D eigenvalue weighted by Gasteiger charge is 2.27. The van der Waals surface area contributed by atoms with E-state index >= 15 is 0 Å². The summed E-state index contributed by atoms with van der Waals surface area (Å²) >= 11 is 0. The number of nitrogens with one attached hydrogen (secondary N) is 1. The van der Waals surface area contributed by atoms with Crippen LogP contribution < -0.4 is 5.32 Å². The molecule has 0 spiro atoms. The van der Waals surface area contributed by atoms with Crippen LogP contribution in [0, 0.1) is 18.8 Å². The summed E-state index contributed by atoms with van der Waals surface area (Å²) in [6, 6.07) is 11.2. The lowest BCUT2D eigenvalue weighted by Crippen LogP contribution is -2.37. The van der Waals surface area contributed by atoms with Crippen LogP contribution in [0.25, 0.3) is 10.9 Å². The van der Waals surface area contributed by atoms with Gasteiger partial charge in [-0.3, -0.25) is 4.98 Å². The van der Waals surface area contributed by atoms with Gasteiger partial charge in [-0.25, -0.2) is 0 Å². The molecule has 1 aromatic carbocycles. The number of aryl methyl sites for hydroxylation is 1. The fourth-order valence-electron chi connectivity index (χ4n) is 3.51. The molecule has 106 valence electrons. The molecule has 1 aliphatic rings. The summed E-state index contributed by atoms with van der Waals surface area (Å²) in [6.07, 6.45) is 4.03. The summed E-state index contributed by atoms with van der Waals surface area (Å²) in [6.45, 7) is 6.80. The molecule has 2 atom stereocenters. The largest absolute Gasteiger partial charge is 0.380 e. The maximum Gasteiger partial charge on any atom is 0.0936 e. The lowest BCUT2D eigenvalue weighted by Gasteiger charge is -2.36. The van der Waals surface area contributed by atoms with Crippen molar-refractivity contribution < 1.29 is 0 Å². The van der Waals surface area contributed by atoms with E-state index in [0.717, 1.165) is 23.0 Å². The summed E-state index contributed by atoms with van der Waals surface area (Å²) in [5.74, 6) is 1.47. The van der Waals surface area contributed by atoms with Gasteiger partial charge >= 0.3 is 0 Å². The number of para-hydroxylation sites is 1. The first-order chi connectivity index (χ1) is 9.65. The molecule has 2 nitrogen and oxygen atoms in total. The van der Waals surface area contributed by atoms with E-state index in [0.29, 0.717) is 6.04 Å². The molecule has 1 fully saturated rings. The van der Waals surface area contributed by atoms with Crippen molar-refractivity contribution in [3.8, 4) is 0 Å². The van der Waals surface area contributed by atoms with Crippen molar-refractivity contribution in [2.75, 3.05) is 5.32 Å². The van der Waals surface area contributed by atoms with E-state index in [1.165, 1.54) is 30.3 Å². The topological polar surface area (TPSA) is 24.9 Å². The number of fused-ring (bicyclic) bond motifs is 1. The molecule has 1 N–H and O–H groups in total. The highest BCUT2D eigenvalue weighted by atomic mass is 15.0.